The highest BCUT2D eigenvalue weighted by Crippen LogP contribution is 2.31. The summed E-state index contributed by atoms with van der Waals surface area (Å²) >= 11 is 0. The Morgan fingerprint density at radius 1 is 1.37 bits per heavy atom. The maximum absolute atomic E-state index is 14.0. The van der Waals surface area contributed by atoms with Gasteiger partial charge < -0.3 is 10.5 Å². The molecule has 0 amide bonds. The second kappa shape index (κ2) is 6.38. The van der Waals surface area contributed by atoms with Gasteiger partial charge >= 0.3 is 0 Å². The molecule has 1 aromatic carbocycles. The van der Waals surface area contributed by atoms with Gasteiger partial charge in [0.15, 0.2) is 11.6 Å². The monoisotopic (exact) mass is 265 g/mol. The zero-order valence-corrected chi connectivity index (χ0v) is 11.9. The van der Waals surface area contributed by atoms with E-state index in [0.717, 1.165) is 18.4 Å². The summed E-state index contributed by atoms with van der Waals surface area (Å²) in [5, 5.41) is 0. The topological polar surface area (TPSA) is 35.2 Å². The Labute approximate surface area is 115 Å². The zero-order chi connectivity index (χ0) is 13.8. The molecule has 0 heterocycles. The minimum absolute atomic E-state index is 0.151. The van der Waals surface area contributed by atoms with Gasteiger partial charge in [0.1, 0.15) is 6.10 Å². The van der Waals surface area contributed by atoms with Crippen LogP contribution in [-0.2, 0) is 0 Å². The molecule has 0 aromatic heterocycles. The smallest absolute Gasteiger partial charge is 0.165 e. The molecule has 0 bridgehead atoms. The third kappa shape index (κ3) is 3.47. The minimum atomic E-state index is -0.296. The van der Waals surface area contributed by atoms with Crippen molar-refractivity contribution in [1.82, 2.24) is 0 Å². The SMILES string of the molecule is CCC1CCCCC1Oc1ccc([C@H](C)N)cc1F. The molecule has 0 saturated heterocycles. The number of hydrogen-bond acceptors (Lipinski definition) is 2. The van der Waals surface area contributed by atoms with Gasteiger partial charge in [-0.1, -0.05) is 19.4 Å². The molecule has 3 heteroatoms. The van der Waals surface area contributed by atoms with Gasteiger partial charge in [0.2, 0.25) is 0 Å². The van der Waals surface area contributed by atoms with Crippen molar-refractivity contribution in [1.29, 1.82) is 0 Å². The lowest BCUT2D eigenvalue weighted by Crippen LogP contribution is -2.30. The average molecular weight is 265 g/mol. The van der Waals surface area contributed by atoms with Crippen LogP contribution >= 0.6 is 0 Å². The predicted molar refractivity (Wildman–Crippen MR) is 75.7 cm³/mol. The van der Waals surface area contributed by atoms with Crippen LogP contribution in [0.2, 0.25) is 0 Å². The van der Waals surface area contributed by atoms with Gasteiger partial charge in [-0.3, -0.25) is 0 Å². The van der Waals surface area contributed by atoms with Gasteiger partial charge in [0.05, 0.1) is 0 Å². The predicted octanol–water partition coefficient (Wildman–Crippen LogP) is 4.19. The van der Waals surface area contributed by atoms with E-state index in [4.69, 9.17) is 10.5 Å². The number of ether oxygens (including phenoxy) is 1. The molecule has 0 aliphatic heterocycles. The van der Waals surface area contributed by atoms with Crippen molar-refractivity contribution >= 4 is 0 Å². The van der Waals surface area contributed by atoms with Crippen molar-refractivity contribution in [3.05, 3.63) is 29.6 Å². The first-order valence-corrected chi connectivity index (χ1v) is 7.33. The molecular weight excluding hydrogens is 241 g/mol. The van der Waals surface area contributed by atoms with Crippen molar-refractivity contribution < 1.29 is 9.13 Å². The summed E-state index contributed by atoms with van der Waals surface area (Å²) in [6.07, 6.45) is 5.94. The van der Waals surface area contributed by atoms with Gasteiger partial charge in [-0.25, -0.2) is 4.39 Å². The molecule has 106 valence electrons. The summed E-state index contributed by atoms with van der Waals surface area (Å²) in [5.74, 6) is 0.631. The number of rotatable bonds is 4. The quantitative estimate of drug-likeness (QED) is 0.885. The summed E-state index contributed by atoms with van der Waals surface area (Å²) in [5.41, 5.74) is 6.56. The Balaban J connectivity index is 2.09. The van der Waals surface area contributed by atoms with Crippen LogP contribution in [0.1, 0.15) is 57.6 Å². The number of halogens is 1. The maximum Gasteiger partial charge on any atom is 0.165 e. The Hall–Kier alpha value is -1.09. The Morgan fingerprint density at radius 2 is 2.11 bits per heavy atom. The largest absolute Gasteiger partial charge is 0.487 e. The molecule has 19 heavy (non-hydrogen) atoms. The van der Waals surface area contributed by atoms with Crippen molar-refractivity contribution in [2.75, 3.05) is 0 Å². The lowest BCUT2D eigenvalue weighted by atomic mass is 9.85. The molecule has 2 unspecified atom stereocenters. The van der Waals surface area contributed by atoms with Gasteiger partial charge in [-0.05, 0) is 56.2 Å². The average Bonchev–Trinajstić information content (AvgIpc) is 2.41. The minimum Gasteiger partial charge on any atom is -0.487 e. The Morgan fingerprint density at radius 3 is 2.74 bits per heavy atom. The molecule has 2 N–H and O–H groups in total. The molecule has 1 saturated carbocycles. The normalized spacial score (nSPS) is 25.1. The summed E-state index contributed by atoms with van der Waals surface area (Å²) in [7, 11) is 0. The number of hydrogen-bond donors (Lipinski definition) is 1. The summed E-state index contributed by atoms with van der Waals surface area (Å²) < 4.78 is 19.9. The summed E-state index contributed by atoms with van der Waals surface area (Å²) in [6, 6.07) is 4.91. The Bertz CT molecular complexity index is 419. The van der Waals surface area contributed by atoms with Crippen LogP contribution in [0.25, 0.3) is 0 Å². The highest BCUT2D eigenvalue weighted by Gasteiger charge is 2.26. The number of nitrogens with two attached hydrogens (primary N) is 1. The van der Waals surface area contributed by atoms with E-state index in [0.29, 0.717) is 11.7 Å². The van der Waals surface area contributed by atoms with Crippen LogP contribution in [0.4, 0.5) is 4.39 Å². The maximum atomic E-state index is 14.0. The molecule has 2 rings (SSSR count). The molecule has 1 aliphatic carbocycles. The first kappa shape index (κ1) is 14.3. The lowest BCUT2D eigenvalue weighted by molar-refractivity contribution is 0.0862. The first-order valence-electron chi connectivity index (χ1n) is 7.33. The molecule has 0 radical (unpaired) electrons. The lowest BCUT2D eigenvalue weighted by Gasteiger charge is -2.31. The van der Waals surface area contributed by atoms with Crippen molar-refractivity contribution in [2.45, 2.75) is 58.1 Å². The van der Waals surface area contributed by atoms with Crippen LogP contribution in [-0.4, -0.2) is 6.10 Å². The molecular formula is C16H24FNO. The third-order valence-electron chi connectivity index (χ3n) is 4.12. The van der Waals surface area contributed by atoms with Gasteiger partial charge in [0, 0.05) is 6.04 Å². The van der Waals surface area contributed by atoms with Crippen LogP contribution in [0.5, 0.6) is 5.75 Å². The first-order chi connectivity index (χ1) is 9.11. The van der Waals surface area contributed by atoms with Crippen molar-refractivity contribution in [2.24, 2.45) is 11.7 Å². The van der Waals surface area contributed by atoms with Gasteiger partial charge in [-0.15, -0.1) is 0 Å². The van der Waals surface area contributed by atoms with Crippen LogP contribution in [0, 0.1) is 11.7 Å². The standard InChI is InChI=1S/C16H24FNO/c1-3-12-6-4-5-7-15(12)19-16-9-8-13(11(2)18)10-14(16)17/h8-12,15H,3-7,18H2,1-2H3/t11-,12?,15?/m0/s1. The Kier molecular flexibility index (Phi) is 4.81. The molecule has 2 nitrogen and oxygen atoms in total. The second-order valence-corrected chi connectivity index (χ2v) is 5.59. The van der Waals surface area contributed by atoms with Gasteiger partial charge in [-0.2, -0.15) is 0 Å². The van der Waals surface area contributed by atoms with Crippen LogP contribution in [0.15, 0.2) is 18.2 Å². The summed E-state index contributed by atoms with van der Waals surface area (Å²) in [4.78, 5) is 0. The fourth-order valence-electron chi connectivity index (χ4n) is 2.85. The molecule has 1 aliphatic rings. The molecule has 0 spiro atoms. The van der Waals surface area contributed by atoms with E-state index < -0.39 is 0 Å². The van der Waals surface area contributed by atoms with E-state index in [-0.39, 0.29) is 18.0 Å². The highest BCUT2D eigenvalue weighted by atomic mass is 19.1. The van der Waals surface area contributed by atoms with Crippen molar-refractivity contribution in [3.63, 3.8) is 0 Å². The van der Waals surface area contributed by atoms with Crippen molar-refractivity contribution in [3.8, 4) is 5.75 Å². The second-order valence-electron chi connectivity index (χ2n) is 5.59. The fourth-order valence-corrected chi connectivity index (χ4v) is 2.85. The zero-order valence-electron chi connectivity index (χ0n) is 11.9. The van der Waals surface area contributed by atoms with Gasteiger partial charge in [0.25, 0.3) is 0 Å². The van der Waals surface area contributed by atoms with Crippen LogP contribution < -0.4 is 10.5 Å². The van der Waals surface area contributed by atoms with E-state index in [1.807, 2.05) is 13.0 Å². The van der Waals surface area contributed by atoms with E-state index in [1.54, 1.807) is 6.07 Å². The van der Waals surface area contributed by atoms with E-state index >= 15 is 0 Å². The molecule has 1 aromatic rings. The highest BCUT2D eigenvalue weighted by molar-refractivity contribution is 5.31. The molecule has 1 fully saturated rings. The molecule has 3 atom stereocenters. The van der Waals surface area contributed by atoms with E-state index in [9.17, 15) is 4.39 Å². The van der Waals surface area contributed by atoms with E-state index in [2.05, 4.69) is 6.92 Å². The fraction of sp³-hybridized carbons (Fsp3) is 0.625. The van der Waals surface area contributed by atoms with E-state index in [1.165, 1.54) is 25.3 Å². The van der Waals surface area contributed by atoms with Crippen LogP contribution in [0.3, 0.4) is 0 Å². The third-order valence-corrected chi connectivity index (χ3v) is 4.12. The number of benzene rings is 1. The summed E-state index contributed by atoms with van der Waals surface area (Å²) in [6.45, 7) is 4.03.